The molecule has 0 radical (unpaired) electrons. The largest absolute Gasteiger partial charge is 0.347 e. The third-order valence-electron chi connectivity index (χ3n) is 3.95. The average Bonchev–Trinajstić information content (AvgIpc) is 2.78. The maximum Gasteiger partial charge on any atom is 0.0483 e. The molecule has 2 nitrogen and oxygen atoms in total. The van der Waals surface area contributed by atoms with Gasteiger partial charge >= 0.3 is 0 Å². The van der Waals surface area contributed by atoms with Crippen LogP contribution in [0.2, 0.25) is 0 Å². The van der Waals surface area contributed by atoms with E-state index in [1.165, 1.54) is 29.3 Å². The number of fused-ring (bicyclic) bond motifs is 1. The highest BCUT2D eigenvalue weighted by Crippen LogP contribution is 2.23. The molecule has 1 atom stereocenters. The first kappa shape index (κ1) is 14.1. The lowest BCUT2D eigenvalue weighted by atomic mass is 10.1. The minimum Gasteiger partial charge on any atom is -0.347 e. The monoisotopic (exact) mass is 258 g/mol. The molecule has 0 amide bonds. The van der Waals surface area contributed by atoms with Crippen LogP contribution in [0, 0.1) is 5.92 Å². The quantitative estimate of drug-likeness (QED) is 0.747. The van der Waals surface area contributed by atoms with Gasteiger partial charge in [-0.2, -0.15) is 0 Å². The summed E-state index contributed by atoms with van der Waals surface area (Å²) in [6.07, 6.45) is 5.97. The first-order chi connectivity index (χ1) is 9.26. The standard InChI is InChI=1S/C17H26N2/c1-4-14(2)12-19-13-15(8-7-11-18-3)16-9-5-6-10-17(16)19/h5-6,9-10,13-14,18H,4,7-8,11-12H2,1-3H3. The van der Waals surface area contributed by atoms with Crippen LogP contribution in [-0.2, 0) is 13.0 Å². The lowest BCUT2D eigenvalue weighted by Gasteiger charge is -2.10. The van der Waals surface area contributed by atoms with Gasteiger partial charge in [0, 0.05) is 23.6 Å². The summed E-state index contributed by atoms with van der Waals surface area (Å²) in [5.41, 5.74) is 2.89. The second-order valence-corrected chi connectivity index (χ2v) is 5.54. The molecule has 19 heavy (non-hydrogen) atoms. The number of hydrogen-bond donors (Lipinski definition) is 1. The number of hydrogen-bond acceptors (Lipinski definition) is 1. The Labute approximate surface area is 116 Å². The Kier molecular flexibility index (Phi) is 5.03. The molecule has 0 aliphatic heterocycles. The molecule has 2 heteroatoms. The highest BCUT2D eigenvalue weighted by molar-refractivity contribution is 5.84. The molecule has 1 unspecified atom stereocenters. The fraction of sp³-hybridized carbons (Fsp3) is 0.529. The van der Waals surface area contributed by atoms with Crippen LogP contribution in [0.25, 0.3) is 10.9 Å². The predicted octanol–water partition coefficient (Wildman–Crippen LogP) is 3.84. The molecule has 1 aromatic heterocycles. The zero-order valence-electron chi connectivity index (χ0n) is 12.4. The summed E-state index contributed by atoms with van der Waals surface area (Å²) in [6, 6.07) is 8.81. The van der Waals surface area contributed by atoms with E-state index >= 15 is 0 Å². The van der Waals surface area contributed by atoms with E-state index in [-0.39, 0.29) is 0 Å². The molecule has 0 saturated heterocycles. The number of rotatable bonds is 7. The molecule has 0 fully saturated rings. The van der Waals surface area contributed by atoms with Crippen molar-refractivity contribution in [3.63, 3.8) is 0 Å². The van der Waals surface area contributed by atoms with Gasteiger partial charge in [0.05, 0.1) is 0 Å². The van der Waals surface area contributed by atoms with Crippen LogP contribution in [0.5, 0.6) is 0 Å². The zero-order valence-corrected chi connectivity index (χ0v) is 12.4. The molecule has 0 bridgehead atoms. The summed E-state index contributed by atoms with van der Waals surface area (Å²) in [7, 11) is 2.02. The summed E-state index contributed by atoms with van der Waals surface area (Å²) >= 11 is 0. The fourth-order valence-electron chi connectivity index (χ4n) is 2.59. The number of benzene rings is 1. The van der Waals surface area contributed by atoms with Crippen molar-refractivity contribution in [2.75, 3.05) is 13.6 Å². The highest BCUT2D eigenvalue weighted by Gasteiger charge is 2.09. The van der Waals surface area contributed by atoms with Crippen LogP contribution in [0.15, 0.2) is 30.5 Å². The van der Waals surface area contributed by atoms with E-state index in [0.717, 1.165) is 25.4 Å². The van der Waals surface area contributed by atoms with E-state index < -0.39 is 0 Å². The topological polar surface area (TPSA) is 17.0 Å². The zero-order chi connectivity index (χ0) is 13.7. The molecule has 0 saturated carbocycles. The Morgan fingerprint density at radius 2 is 2.05 bits per heavy atom. The van der Waals surface area contributed by atoms with E-state index in [0.29, 0.717) is 0 Å². The van der Waals surface area contributed by atoms with Crippen molar-refractivity contribution in [1.29, 1.82) is 0 Å². The fourth-order valence-corrected chi connectivity index (χ4v) is 2.59. The number of nitrogens with zero attached hydrogens (tertiary/aromatic N) is 1. The number of aromatic nitrogens is 1. The van der Waals surface area contributed by atoms with Gasteiger partial charge in [-0.25, -0.2) is 0 Å². The Morgan fingerprint density at radius 3 is 2.79 bits per heavy atom. The Balaban J connectivity index is 2.26. The molecular weight excluding hydrogens is 232 g/mol. The lowest BCUT2D eigenvalue weighted by molar-refractivity contribution is 0.477. The van der Waals surface area contributed by atoms with Crippen molar-refractivity contribution in [3.05, 3.63) is 36.0 Å². The van der Waals surface area contributed by atoms with Crippen molar-refractivity contribution in [2.24, 2.45) is 5.92 Å². The van der Waals surface area contributed by atoms with Crippen molar-refractivity contribution in [3.8, 4) is 0 Å². The Hall–Kier alpha value is -1.28. The normalized spacial score (nSPS) is 13.0. The lowest BCUT2D eigenvalue weighted by Crippen LogP contribution is -2.08. The summed E-state index contributed by atoms with van der Waals surface area (Å²) in [5.74, 6) is 0.737. The predicted molar refractivity (Wildman–Crippen MR) is 83.6 cm³/mol. The SMILES string of the molecule is CCC(C)Cn1cc(CCCNC)c2ccccc21. The van der Waals surface area contributed by atoms with Gasteiger partial charge in [0.1, 0.15) is 0 Å². The molecule has 0 aliphatic carbocycles. The molecule has 0 spiro atoms. The first-order valence-electron chi connectivity index (χ1n) is 7.47. The Morgan fingerprint density at radius 1 is 1.26 bits per heavy atom. The average molecular weight is 258 g/mol. The van der Waals surface area contributed by atoms with Gasteiger partial charge in [0.25, 0.3) is 0 Å². The summed E-state index contributed by atoms with van der Waals surface area (Å²) in [6.45, 7) is 6.81. The van der Waals surface area contributed by atoms with E-state index in [9.17, 15) is 0 Å². The molecule has 104 valence electrons. The van der Waals surface area contributed by atoms with Crippen LogP contribution < -0.4 is 5.32 Å². The van der Waals surface area contributed by atoms with E-state index in [4.69, 9.17) is 0 Å². The van der Waals surface area contributed by atoms with Gasteiger partial charge in [0.2, 0.25) is 0 Å². The number of nitrogens with one attached hydrogen (secondary N) is 1. The maximum absolute atomic E-state index is 3.23. The van der Waals surface area contributed by atoms with Crippen LogP contribution in [0.4, 0.5) is 0 Å². The van der Waals surface area contributed by atoms with Gasteiger partial charge in [0.15, 0.2) is 0 Å². The van der Waals surface area contributed by atoms with Crippen molar-refractivity contribution < 1.29 is 0 Å². The molecule has 0 aliphatic rings. The summed E-state index contributed by atoms with van der Waals surface area (Å²) in [5, 5.41) is 4.66. The molecule has 1 aromatic carbocycles. The summed E-state index contributed by atoms with van der Waals surface area (Å²) < 4.78 is 2.44. The van der Waals surface area contributed by atoms with Crippen LogP contribution in [-0.4, -0.2) is 18.2 Å². The van der Waals surface area contributed by atoms with E-state index in [1.54, 1.807) is 0 Å². The Bertz CT molecular complexity index is 513. The number of aryl methyl sites for hydroxylation is 1. The second-order valence-electron chi connectivity index (χ2n) is 5.54. The summed E-state index contributed by atoms with van der Waals surface area (Å²) in [4.78, 5) is 0. The van der Waals surface area contributed by atoms with Gasteiger partial charge in [-0.15, -0.1) is 0 Å². The first-order valence-corrected chi connectivity index (χ1v) is 7.47. The van der Waals surface area contributed by atoms with Crippen LogP contribution in [0.1, 0.15) is 32.3 Å². The molecule has 2 aromatic rings. The van der Waals surface area contributed by atoms with Gasteiger partial charge in [-0.05, 0) is 44.0 Å². The van der Waals surface area contributed by atoms with Gasteiger partial charge in [-0.3, -0.25) is 0 Å². The molecule has 1 N–H and O–H groups in total. The van der Waals surface area contributed by atoms with E-state index in [1.807, 2.05) is 7.05 Å². The minimum atomic E-state index is 0.737. The minimum absolute atomic E-state index is 0.737. The second kappa shape index (κ2) is 6.76. The van der Waals surface area contributed by atoms with Crippen molar-refractivity contribution in [1.82, 2.24) is 9.88 Å². The molecule has 1 heterocycles. The van der Waals surface area contributed by atoms with Crippen molar-refractivity contribution in [2.45, 2.75) is 39.7 Å². The van der Waals surface area contributed by atoms with Gasteiger partial charge in [-0.1, -0.05) is 38.5 Å². The van der Waals surface area contributed by atoms with Gasteiger partial charge < -0.3 is 9.88 Å². The number of para-hydroxylation sites is 1. The van der Waals surface area contributed by atoms with Crippen LogP contribution in [0.3, 0.4) is 0 Å². The van der Waals surface area contributed by atoms with Crippen LogP contribution >= 0.6 is 0 Å². The third-order valence-corrected chi connectivity index (χ3v) is 3.95. The van der Waals surface area contributed by atoms with E-state index in [2.05, 4.69) is 54.2 Å². The molecule has 2 rings (SSSR count). The highest BCUT2D eigenvalue weighted by atomic mass is 15.0. The molecular formula is C17H26N2. The third kappa shape index (κ3) is 3.38. The maximum atomic E-state index is 3.23. The van der Waals surface area contributed by atoms with Crippen molar-refractivity contribution >= 4 is 10.9 Å². The smallest absolute Gasteiger partial charge is 0.0483 e.